The van der Waals surface area contributed by atoms with Gasteiger partial charge in [0.15, 0.2) is 0 Å². The summed E-state index contributed by atoms with van der Waals surface area (Å²) in [6, 6.07) is 13.7. The van der Waals surface area contributed by atoms with Gasteiger partial charge in [0.25, 0.3) is 11.8 Å². The Balaban J connectivity index is 1.48. The van der Waals surface area contributed by atoms with Crippen LogP contribution in [0.3, 0.4) is 0 Å². The Kier molecular flexibility index (Phi) is 6.80. The molecule has 3 rings (SSSR count). The molecule has 29 heavy (non-hydrogen) atoms. The fraction of sp³-hybridized carbons (Fsp3) is 0.286. The lowest BCUT2D eigenvalue weighted by Crippen LogP contribution is -2.40. The van der Waals surface area contributed by atoms with Crippen molar-refractivity contribution in [1.29, 1.82) is 0 Å². The van der Waals surface area contributed by atoms with E-state index in [1.807, 2.05) is 0 Å². The predicted molar refractivity (Wildman–Crippen MR) is 110 cm³/mol. The molecule has 0 atom stereocenters. The molecule has 2 aromatic carbocycles. The molecule has 8 nitrogen and oxygen atoms in total. The van der Waals surface area contributed by atoms with Crippen molar-refractivity contribution in [2.24, 2.45) is 0 Å². The lowest BCUT2D eigenvalue weighted by Gasteiger charge is -2.26. The third kappa shape index (κ3) is 5.55. The number of morpholine rings is 1. The highest BCUT2D eigenvalue weighted by Gasteiger charge is 2.18. The average molecular weight is 396 g/mol. The SMILES string of the molecule is CNC(=O)c1ccc(NC(=O)CNc2ccc(C(=O)N3CCOCC3)cc2)cc1. The molecule has 2 aromatic rings. The van der Waals surface area contributed by atoms with Crippen molar-refractivity contribution in [3.8, 4) is 0 Å². The molecule has 1 heterocycles. The molecule has 3 amide bonds. The number of nitrogens with zero attached hydrogens (tertiary/aromatic N) is 1. The second-order valence-electron chi connectivity index (χ2n) is 6.54. The van der Waals surface area contributed by atoms with E-state index in [4.69, 9.17) is 4.74 Å². The number of rotatable bonds is 6. The van der Waals surface area contributed by atoms with E-state index in [2.05, 4.69) is 16.0 Å². The van der Waals surface area contributed by atoms with Crippen molar-refractivity contribution in [2.45, 2.75) is 0 Å². The summed E-state index contributed by atoms with van der Waals surface area (Å²) in [5.41, 5.74) is 2.48. The molecule has 152 valence electrons. The van der Waals surface area contributed by atoms with Crippen molar-refractivity contribution in [1.82, 2.24) is 10.2 Å². The number of ether oxygens (including phenoxy) is 1. The van der Waals surface area contributed by atoms with Gasteiger partial charge in [0.1, 0.15) is 0 Å². The van der Waals surface area contributed by atoms with E-state index >= 15 is 0 Å². The molecule has 3 N–H and O–H groups in total. The number of carbonyl (C=O) groups is 3. The zero-order valence-electron chi connectivity index (χ0n) is 16.2. The Hall–Kier alpha value is -3.39. The van der Waals surface area contributed by atoms with Gasteiger partial charge in [0, 0.05) is 42.6 Å². The van der Waals surface area contributed by atoms with Crippen molar-refractivity contribution in [3.05, 3.63) is 59.7 Å². The van der Waals surface area contributed by atoms with Crippen LogP contribution in [0.4, 0.5) is 11.4 Å². The van der Waals surface area contributed by atoms with Crippen molar-refractivity contribution in [3.63, 3.8) is 0 Å². The third-order valence-corrected chi connectivity index (χ3v) is 4.54. The van der Waals surface area contributed by atoms with Gasteiger partial charge in [-0.15, -0.1) is 0 Å². The van der Waals surface area contributed by atoms with E-state index in [-0.39, 0.29) is 24.3 Å². The van der Waals surface area contributed by atoms with Gasteiger partial charge < -0.3 is 25.6 Å². The molecular formula is C21H24N4O4. The lowest BCUT2D eigenvalue weighted by atomic mass is 10.1. The first-order valence-electron chi connectivity index (χ1n) is 9.40. The van der Waals surface area contributed by atoms with Crippen molar-refractivity contribution >= 4 is 29.1 Å². The summed E-state index contributed by atoms with van der Waals surface area (Å²) in [4.78, 5) is 37.8. The molecule has 0 aromatic heterocycles. The lowest BCUT2D eigenvalue weighted by molar-refractivity contribution is -0.114. The molecular weight excluding hydrogens is 372 g/mol. The quantitative estimate of drug-likeness (QED) is 0.688. The van der Waals surface area contributed by atoms with Crippen LogP contribution in [0.15, 0.2) is 48.5 Å². The minimum atomic E-state index is -0.217. The number of anilines is 2. The Morgan fingerprint density at radius 2 is 1.48 bits per heavy atom. The van der Waals surface area contributed by atoms with Crippen LogP contribution in [0, 0.1) is 0 Å². The number of hydrogen-bond donors (Lipinski definition) is 3. The van der Waals surface area contributed by atoms with E-state index in [1.165, 1.54) is 0 Å². The summed E-state index contributed by atoms with van der Waals surface area (Å²) in [6.45, 7) is 2.41. The first-order chi connectivity index (χ1) is 14.1. The van der Waals surface area contributed by atoms with Crippen LogP contribution in [-0.4, -0.2) is 62.5 Å². The second-order valence-corrected chi connectivity index (χ2v) is 6.54. The van der Waals surface area contributed by atoms with Crippen LogP contribution in [0.1, 0.15) is 20.7 Å². The highest BCUT2D eigenvalue weighted by molar-refractivity contribution is 5.97. The second kappa shape index (κ2) is 9.70. The maximum Gasteiger partial charge on any atom is 0.254 e. The molecule has 0 spiro atoms. The van der Waals surface area contributed by atoms with Crippen LogP contribution in [-0.2, 0) is 9.53 Å². The number of amides is 3. The zero-order chi connectivity index (χ0) is 20.6. The number of hydrogen-bond acceptors (Lipinski definition) is 5. The summed E-state index contributed by atoms with van der Waals surface area (Å²) in [5.74, 6) is -0.413. The normalized spacial score (nSPS) is 13.5. The molecule has 0 bridgehead atoms. The maximum absolute atomic E-state index is 12.4. The first-order valence-corrected chi connectivity index (χ1v) is 9.40. The Morgan fingerprint density at radius 3 is 2.10 bits per heavy atom. The molecule has 1 fully saturated rings. The van der Waals surface area contributed by atoms with Crippen LogP contribution in [0.2, 0.25) is 0 Å². The summed E-state index contributed by atoms with van der Waals surface area (Å²) in [7, 11) is 1.56. The molecule has 8 heteroatoms. The van der Waals surface area contributed by atoms with E-state index < -0.39 is 0 Å². The van der Waals surface area contributed by atoms with Gasteiger partial charge >= 0.3 is 0 Å². The fourth-order valence-electron chi connectivity index (χ4n) is 2.92. The smallest absolute Gasteiger partial charge is 0.254 e. The third-order valence-electron chi connectivity index (χ3n) is 4.54. The Bertz CT molecular complexity index is 859. The van der Waals surface area contributed by atoms with E-state index in [0.29, 0.717) is 43.1 Å². The number of carbonyl (C=O) groups excluding carboxylic acids is 3. The molecule has 1 aliphatic heterocycles. The van der Waals surface area contributed by atoms with Crippen molar-refractivity contribution in [2.75, 3.05) is 50.5 Å². The molecule has 0 saturated carbocycles. The summed E-state index contributed by atoms with van der Waals surface area (Å²) in [6.07, 6.45) is 0. The molecule has 1 aliphatic rings. The van der Waals surface area contributed by atoms with Gasteiger partial charge in [-0.2, -0.15) is 0 Å². The van der Waals surface area contributed by atoms with E-state index in [0.717, 1.165) is 5.69 Å². The standard InChI is InChI=1S/C21H24N4O4/c1-22-20(27)15-2-8-18(9-3-15)24-19(26)14-23-17-6-4-16(5-7-17)21(28)25-10-12-29-13-11-25/h2-9,23H,10-14H2,1H3,(H,22,27)(H,24,26). The van der Waals surface area contributed by atoms with Crippen LogP contribution in [0.25, 0.3) is 0 Å². The minimum absolute atomic E-state index is 0.0159. The van der Waals surface area contributed by atoms with Gasteiger partial charge in [-0.25, -0.2) is 0 Å². The topological polar surface area (TPSA) is 99.8 Å². The van der Waals surface area contributed by atoms with Gasteiger partial charge in [-0.05, 0) is 48.5 Å². The highest BCUT2D eigenvalue weighted by atomic mass is 16.5. The fourth-order valence-corrected chi connectivity index (χ4v) is 2.92. The predicted octanol–water partition coefficient (Wildman–Crippen LogP) is 1.57. The van der Waals surface area contributed by atoms with Gasteiger partial charge in [0.05, 0.1) is 19.8 Å². The van der Waals surface area contributed by atoms with Gasteiger partial charge in [0.2, 0.25) is 5.91 Å². The monoisotopic (exact) mass is 396 g/mol. The summed E-state index contributed by atoms with van der Waals surface area (Å²) >= 11 is 0. The summed E-state index contributed by atoms with van der Waals surface area (Å²) in [5, 5.41) is 8.33. The molecule has 0 aliphatic carbocycles. The molecule has 0 radical (unpaired) electrons. The molecule has 1 saturated heterocycles. The minimum Gasteiger partial charge on any atom is -0.378 e. The Morgan fingerprint density at radius 1 is 0.897 bits per heavy atom. The first kappa shape index (κ1) is 20.3. The maximum atomic E-state index is 12.4. The van der Waals surface area contributed by atoms with E-state index in [1.54, 1.807) is 60.5 Å². The Labute approximate surface area is 169 Å². The summed E-state index contributed by atoms with van der Waals surface area (Å²) < 4.78 is 5.26. The van der Waals surface area contributed by atoms with Gasteiger partial charge in [-0.3, -0.25) is 14.4 Å². The average Bonchev–Trinajstić information content (AvgIpc) is 2.78. The number of nitrogens with one attached hydrogen (secondary N) is 3. The number of benzene rings is 2. The van der Waals surface area contributed by atoms with Gasteiger partial charge in [-0.1, -0.05) is 0 Å². The van der Waals surface area contributed by atoms with Crippen LogP contribution in [0.5, 0.6) is 0 Å². The zero-order valence-corrected chi connectivity index (χ0v) is 16.2. The van der Waals surface area contributed by atoms with E-state index in [9.17, 15) is 14.4 Å². The van der Waals surface area contributed by atoms with Crippen LogP contribution >= 0.6 is 0 Å². The largest absolute Gasteiger partial charge is 0.378 e. The highest BCUT2D eigenvalue weighted by Crippen LogP contribution is 2.13. The van der Waals surface area contributed by atoms with Crippen LogP contribution < -0.4 is 16.0 Å². The van der Waals surface area contributed by atoms with Crippen molar-refractivity contribution < 1.29 is 19.1 Å². The molecule has 0 unspecified atom stereocenters.